The highest BCUT2D eigenvalue weighted by Gasteiger charge is 2.12. The van der Waals surface area contributed by atoms with E-state index in [1.165, 1.54) is 11.1 Å². The van der Waals surface area contributed by atoms with Gasteiger partial charge in [0.25, 0.3) is 0 Å². The molecule has 0 aliphatic heterocycles. The second-order valence-corrected chi connectivity index (χ2v) is 5.97. The van der Waals surface area contributed by atoms with Gasteiger partial charge in [0.05, 0.1) is 5.69 Å². The van der Waals surface area contributed by atoms with E-state index in [0.29, 0.717) is 11.2 Å². The van der Waals surface area contributed by atoms with Crippen LogP contribution >= 0.6 is 0 Å². The molecule has 1 N–H and O–H groups in total. The molecule has 0 spiro atoms. The van der Waals surface area contributed by atoms with Crippen LogP contribution in [-0.2, 0) is 0 Å². The van der Waals surface area contributed by atoms with Crippen molar-refractivity contribution < 1.29 is 8.53 Å². The Labute approximate surface area is 140 Å². The smallest absolute Gasteiger partial charge is 0.158 e. The summed E-state index contributed by atoms with van der Waals surface area (Å²) in [5.74, 6) is 0. The summed E-state index contributed by atoms with van der Waals surface area (Å²) in [5.41, 5.74) is 5.48. The van der Waals surface area contributed by atoms with Crippen molar-refractivity contribution in [3.63, 3.8) is 0 Å². The van der Waals surface area contributed by atoms with E-state index in [0.717, 1.165) is 22.1 Å². The molecule has 0 saturated carbocycles. The number of benzene rings is 3. The van der Waals surface area contributed by atoms with E-state index in [9.17, 15) is 0 Å². The molecule has 2 nitrogen and oxygen atoms in total. The molecule has 4 aromatic rings. The van der Waals surface area contributed by atoms with Gasteiger partial charge in [-0.3, -0.25) is 0 Å². The van der Waals surface area contributed by atoms with Gasteiger partial charge < -0.3 is 9.73 Å². The fourth-order valence-corrected chi connectivity index (χ4v) is 3.12. The van der Waals surface area contributed by atoms with Crippen LogP contribution in [0.1, 0.15) is 20.8 Å². The Hall–Kier alpha value is -2.74. The van der Waals surface area contributed by atoms with Crippen molar-refractivity contribution in [1.29, 1.82) is 0 Å². The van der Waals surface area contributed by atoms with E-state index in [1.807, 2.05) is 24.3 Å². The van der Waals surface area contributed by atoms with Gasteiger partial charge in [-0.2, -0.15) is 0 Å². The topological polar surface area (TPSA) is 25.2 Å². The maximum absolute atomic E-state index is 7.77. The highest BCUT2D eigenvalue weighted by Crippen LogP contribution is 2.36. The van der Waals surface area contributed by atoms with E-state index in [-0.39, 0.29) is 5.56 Å². The van der Waals surface area contributed by atoms with E-state index in [2.05, 4.69) is 37.4 Å². The second-order valence-electron chi connectivity index (χ2n) is 5.97. The van der Waals surface area contributed by atoms with Crippen LogP contribution in [0.5, 0.6) is 0 Å². The Morgan fingerprint density at radius 2 is 1.57 bits per heavy atom. The zero-order chi connectivity index (χ0) is 18.5. The summed E-state index contributed by atoms with van der Waals surface area (Å²) in [5, 5.41) is 5.13. The Morgan fingerprint density at radius 1 is 0.870 bits per heavy atom. The third kappa shape index (κ3) is 2.36. The van der Waals surface area contributed by atoms with Gasteiger partial charge in [-0.1, -0.05) is 36.4 Å². The molecular weight excluding hydrogens is 282 g/mol. The third-order valence-corrected chi connectivity index (χ3v) is 4.03. The van der Waals surface area contributed by atoms with Gasteiger partial charge in [0.1, 0.15) is 5.58 Å². The molecule has 0 fully saturated rings. The lowest BCUT2D eigenvalue weighted by Crippen LogP contribution is -1.92. The Kier molecular flexibility index (Phi) is 2.45. The summed E-state index contributed by atoms with van der Waals surface area (Å²) in [6, 6.07) is 17.4. The molecule has 3 aromatic carbocycles. The van der Waals surface area contributed by atoms with Gasteiger partial charge in [0, 0.05) is 20.6 Å². The quantitative estimate of drug-likeness (QED) is 0.473. The molecule has 2 heteroatoms. The predicted octanol–water partition coefficient (Wildman–Crippen LogP) is 6.25. The molecule has 0 aliphatic rings. The zero-order valence-corrected chi connectivity index (χ0v) is 13.1. The van der Waals surface area contributed by atoms with Crippen molar-refractivity contribution in [2.24, 2.45) is 0 Å². The number of hydrogen-bond acceptors (Lipinski definition) is 2. The summed E-state index contributed by atoms with van der Waals surface area (Å²) >= 11 is 0. The molecule has 0 aliphatic carbocycles. The van der Waals surface area contributed by atoms with Crippen LogP contribution in [0.25, 0.3) is 21.9 Å². The van der Waals surface area contributed by atoms with Gasteiger partial charge in [0.15, 0.2) is 5.58 Å². The largest absolute Gasteiger partial charge is 0.454 e. The minimum absolute atomic E-state index is 0.239. The number of aryl methyl sites for hydroxylation is 3. The molecule has 1 heterocycles. The minimum Gasteiger partial charge on any atom is -0.454 e. The van der Waals surface area contributed by atoms with Crippen LogP contribution < -0.4 is 5.32 Å². The fraction of sp³-hybridized carbons (Fsp3) is 0.143. The van der Waals surface area contributed by atoms with E-state index >= 15 is 0 Å². The van der Waals surface area contributed by atoms with Gasteiger partial charge in [-0.15, -0.1) is 0 Å². The Balaban J connectivity index is 1.91. The average Bonchev–Trinajstić information content (AvgIpc) is 2.92. The number of nitrogens with one attached hydrogen (secondary N) is 1. The van der Waals surface area contributed by atoms with E-state index in [4.69, 9.17) is 8.53 Å². The Bertz CT molecular complexity index is 1110. The number of fused-ring (bicyclic) bond motifs is 3. The zero-order valence-electron chi connectivity index (χ0n) is 16.1. The molecule has 4 rings (SSSR count). The summed E-state index contributed by atoms with van der Waals surface area (Å²) in [6.45, 7) is 1.90. The van der Waals surface area contributed by atoms with Crippen molar-refractivity contribution >= 4 is 33.3 Å². The van der Waals surface area contributed by atoms with E-state index < -0.39 is 6.85 Å². The van der Waals surface area contributed by atoms with Crippen LogP contribution in [0.2, 0.25) is 0 Å². The first kappa shape index (κ1) is 10.9. The summed E-state index contributed by atoms with van der Waals surface area (Å²) in [6.07, 6.45) is 0. The second kappa shape index (κ2) is 5.17. The molecule has 1 aromatic heterocycles. The molecule has 0 radical (unpaired) electrons. The molecular formula is C21H19NO. The average molecular weight is 304 g/mol. The molecule has 0 unspecified atom stereocenters. The normalized spacial score (nSPS) is 13.7. The van der Waals surface area contributed by atoms with Gasteiger partial charge in [-0.05, 0) is 55.6 Å². The summed E-state index contributed by atoms with van der Waals surface area (Å²) in [4.78, 5) is 0. The fourth-order valence-electron chi connectivity index (χ4n) is 3.12. The first-order valence-electron chi connectivity index (χ1n) is 9.13. The lowest BCUT2D eigenvalue weighted by molar-refractivity contribution is 0.667. The van der Waals surface area contributed by atoms with Crippen molar-refractivity contribution in [1.82, 2.24) is 0 Å². The maximum atomic E-state index is 7.77. The maximum Gasteiger partial charge on any atom is 0.158 e. The van der Waals surface area contributed by atoms with E-state index in [1.54, 1.807) is 12.1 Å². The summed E-state index contributed by atoms with van der Waals surface area (Å²) in [7, 11) is 0. The lowest BCUT2D eigenvalue weighted by atomic mass is 10.1. The first-order chi connectivity index (χ1) is 12.3. The van der Waals surface area contributed by atoms with Crippen LogP contribution in [0, 0.1) is 20.7 Å². The molecule has 0 bridgehead atoms. The van der Waals surface area contributed by atoms with Crippen LogP contribution in [0.4, 0.5) is 11.4 Å². The monoisotopic (exact) mass is 304 g/mol. The third-order valence-electron chi connectivity index (χ3n) is 4.03. The van der Waals surface area contributed by atoms with Crippen molar-refractivity contribution in [2.45, 2.75) is 20.7 Å². The Morgan fingerprint density at radius 3 is 2.30 bits per heavy atom. The van der Waals surface area contributed by atoms with Crippen molar-refractivity contribution in [3.8, 4) is 0 Å². The van der Waals surface area contributed by atoms with Crippen LogP contribution in [0.3, 0.4) is 0 Å². The minimum atomic E-state index is -2.21. The van der Waals surface area contributed by atoms with Gasteiger partial charge >= 0.3 is 0 Å². The highest BCUT2D eigenvalue weighted by atomic mass is 16.3. The molecule has 0 amide bonds. The summed E-state index contributed by atoms with van der Waals surface area (Å²) < 4.78 is 29.4. The molecule has 0 atom stereocenters. The van der Waals surface area contributed by atoms with Crippen molar-refractivity contribution in [2.75, 3.05) is 5.32 Å². The SMILES string of the molecule is [2H]C([2H])([2H])c1cccc2c1oc1c(Nc3cc(C)cc(C)c3)cccc12. The lowest BCUT2D eigenvalue weighted by Gasteiger charge is -2.09. The predicted molar refractivity (Wildman–Crippen MR) is 97.7 cm³/mol. The molecule has 23 heavy (non-hydrogen) atoms. The number of hydrogen-bond donors (Lipinski definition) is 1. The number of furan rings is 1. The standard InChI is InChI=1S/C21H19NO/c1-13-10-14(2)12-16(11-13)22-19-9-5-8-18-17-7-4-6-15(3)20(17)23-21(18)19/h4-12,22H,1-3H3/i3D3. The molecule has 0 saturated heterocycles. The van der Waals surface area contributed by atoms with Crippen LogP contribution in [0.15, 0.2) is 59.0 Å². The van der Waals surface area contributed by atoms with Crippen LogP contribution in [-0.4, -0.2) is 0 Å². The molecule has 114 valence electrons. The number of anilines is 2. The van der Waals surface area contributed by atoms with Crippen molar-refractivity contribution in [3.05, 3.63) is 71.3 Å². The highest BCUT2D eigenvalue weighted by molar-refractivity contribution is 6.09. The number of rotatable bonds is 2. The van der Waals surface area contributed by atoms with Gasteiger partial charge in [-0.25, -0.2) is 0 Å². The first-order valence-corrected chi connectivity index (χ1v) is 7.63. The number of para-hydroxylation sites is 2. The van der Waals surface area contributed by atoms with Gasteiger partial charge in [0.2, 0.25) is 0 Å².